The number of nitrogens with one attached hydrogen (secondary N) is 1. The van der Waals surface area contributed by atoms with Gasteiger partial charge in [-0.15, -0.1) is 0 Å². The molecule has 1 atom stereocenters. The lowest BCUT2D eigenvalue weighted by atomic mass is 9.90. The van der Waals surface area contributed by atoms with E-state index in [0.29, 0.717) is 5.41 Å². The van der Waals surface area contributed by atoms with E-state index in [1.165, 1.54) is 31.5 Å². The van der Waals surface area contributed by atoms with Crippen molar-refractivity contribution in [2.45, 2.75) is 46.1 Å². The molecule has 1 unspecified atom stereocenters. The van der Waals surface area contributed by atoms with Gasteiger partial charge in [0.25, 0.3) is 0 Å². The zero-order chi connectivity index (χ0) is 14.6. The van der Waals surface area contributed by atoms with Gasteiger partial charge in [0.15, 0.2) is 0 Å². The minimum Gasteiger partial charge on any atom is -0.307 e. The maximum absolute atomic E-state index is 3.76. The highest BCUT2D eigenvalue weighted by Gasteiger charge is 2.30. The summed E-state index contributed by atoms with van der Waals surface area (Å²) in [5.41, 5.74) is 1.90. The van der Waals surface area contributed by atoms with E-state index < -0.39 is 0 Å². The van der Waals surface area contributed by atoms with Crippen LogP contribution in [-0.4, -0.2) is 31.1 Å². The maximum Gasteiger partial charge on any atom is 0.0534 e. The van der Waals surface area contributed by atoms with Crippen molar-refractivity contribution in [3.63, 3.8) is 0 Å². The number of hydrogen-bond acceptors (Lipinski definition) is 2. The van der Waals surface area contributed by atoms with Gasteiger partial charge in [0, 0.05) is 6.54 Å². The Hall–Kier alpha value is -0.860. The first-order valence-electron chi connectivity index (χ1n) is 7.92. The normalized spacial score (nSPS) is 25.4. The quantitative estimate of drug-likeness (QED) is 0.905. The zero-order valence-corrected chi connectivity index (χ0v) is 13.6. The van der Waals surface area contributed by atoms with Crippen LogP contribution in [0.1, 0.15) is 46.1 Å². The average molecular weight is 274 g/mol. The fraction of sp³-hybridized carbons (Fsp3) is 0.667. The third kappa shape index (κ3) is 4.32. The standard InChI is InChI=1S/C18H30N2/c1-17(2,3)11-14-20-13-8-12-19-18(4,15-20)16-9-6-5-7-10-16/h5-7,9-10,19H,8,11-15H2,1-4H3. The summed E-state index contributed by atoms with van der Waals surface area (Å²) in [6, 6.07) is 10.9. The summed E-state index contributed by atoms with van der Waals surface area (Å²) in [7, 11) is 0. The molecule has 2 rings (SSSR count). The largest absolute Gasteiger partial charge is 0.307 e. The molecule has 20 heavy (non-hydrogen) atoms. The molecule has 2 heteroatoms. The predicted molar refractivity (Wildman–Crippen MR) is 86.9 cm³/mol. The Morgan fingerprint density at radius 1 is 1.20 bits per heavy atom. The lowest BCUT2D eigenvalue weighted by molar-refractivity contribution is 0.193. The van der Waals surface area contributed by atoms with Crippen molar-refractivity contribution in [2.24, 2.45) is 5.41 Å². The topological polar surface area (TPSA) is 15.3 Å². The molecule has 0 amide bonds. The molecule has 1 aliphatic rings. The average Bonchev–Trinajstić information content (AvgIpc) is 2.60. The van der Waals surface area contributed by atoms with E-state index in [1.54, 1.807) is 0 Å². The lowest BCUT2D eigenvalue weighted by Crippen LogP contribution is -2.46. The van der Waals surface area contributed by atoms with Crippen LogP contribution in [0.25, 0.3) is 0 Å². The van der Waals surface area contributed by atoms with Gasteiger partial charge in [0.05, 0.1) is 5.54 Å². The molecule has 1 aliphatic heterocycles. The Labute approximate surface area is 124 Å². The number of rotatable bonds is 3. The van der Waals surface area contributed by atoms with Crippen LogP contribution in [0.4, 0.5) is 0 Å². The van der Waals surface area contributed by atoms with Crippen LogP contribution in [0, 0.1) is 5.41 Å². The van der Waals surface area contributed by atoms with E-state index in [2.05, 4.69) is 68.2 Å². The van der Waals surface area contributed by atoms with E-state index in [9.17, 15) is 0 Å². The van der Waals surface area contributed by atoms with Gasteiger partial charge in [0.2, 0.25) is 0 Å². The summed E-state index contributed by atoms with van der Waals surface area (Å²) in [6.07, 6.45) is 2.50. The molecule has 0 aromatic heterocycles. The minimum atomic E-state index is 0.0790. The summed E-state index contributed by atoms with van der Waals surface area (Å²) in [4.78, 5) is 2.64. The Balaban J connectivity index is 2.06. The van der Waals surface area contributed by atoms with E-state index in [4.69, 9.17) is 0 Å². The zero-order valence-electron chi connectivity index (χ0n) is 13.6. The third-order valence-electron chi connectivity index (χ3n) is 4.30. The van der Waals surface area contributed by atoms with Gasteiger partial charge in [-0.3, -0.25) is 0 Å². The molecule has 0 spiro atoms. The second-order valence-electron chi connectivity index (χ2n) is 7.57. The van der Waals surface area contributed by atoms with Gasteiger partial charge in [-0.1, -0.05) is 51.1 Å². The minimum absolute atomic E-state index is 0.0790. The number of nitrogens with zero attached hydrogens (tertiary/aromatic N) is 1. The monoisotopic (exact) mass is 274 g/mol. The Morgan fingerprint density at radius 3 is 2.55 bits per heavy atom. The first-order valence-corrected chi connectivity index (χ1v) is 7.92. The second-order valence-corrected chi connectivity index (χ2v) is 7.57. The van der Waals surface area contributed by atoms with Crippen molar-refractivity contribution in [3.8, 4) is 0 Å². The SMILES string of the molecule is CC(C)(C)CCN1CCCNC(C)(c2ccccc2)C1. The highest BCUT2D eigenvalue weighted by Crippen LogP contribution is 2.25. The van der Waals surface area contributed by atoms with Crippen molar-refractivity contribution in [1.82, 2.24) is 10.2 Å². The molecule has 0 radical (unpaired) electrons. The van der Waals surface area contributed by atoms with Crippen LogP contribution in [0.2, 0.25) is 0 Å². The number of hydrogen-bond donors (Lipinski definition) is 1. The summed E-state index contributed by atoms with van der Waals surface area (Å²) in [5.74, 6) is 0. The van der Waals surface area contributed by atoms with Crippen molar-refractivity contribution in [3.05, 3.63) is 35.9 Å². The van der Waals surface area contributed by atoms with E-state index in [0.717, 1.165) is 13.1 Å². The highest BCUT2D eigenvalue weighted by atomic mass is 15.2. The van der Waals surface area contributed by atoms with Crippen LogP contribution >= 0.6 is 0 Å². The smallest absolute Gasteiger partial charge is 0.0534 e. The Morgan fingerprint density at radius 2 is 1.90 bits per heavy atom. The van der Waals surface area contributed by atoms with Crippen molar-refractivity contribution >= 4 is 0 Å². The first kappa shape index (κ1) is 15.5. The molecular weight excluding hydrogens is 244 g/mol. The molecule has 0 saturated carbocycles. The molecule has 1 aromatic carbocycles. The summed E-state index contributed by atoms with van der Waals surface area (Å²) >= 11 is 0. The summed E-state index contributed by atoms with van der Waals surface area (Å²) in [5, 5.41) is 3.76. The predicted octanol–water partition coefficient (Wildman–Crippen LogP) is 3.63. The van der Waals surface area contributed by atoms with Crippen LogP contribution in [0.5, 0.6) is 0 Å². The number of benzene rings is 1. The Bertz CT molecular complexity index is 407. The molecule has 1 heterocycles. The van der Waals surface area contributed by atoms with Gasteiger partial charge in [-0.25, -0.2) is 0 Å². The summed E-state index contributed by atoms with van der Waals surface area (Å²) in [6.45, 7) is 14.0. The fourth-order valence-electron chi connectivity index (χ4n) is 2.93. The molecule has 2 nitrogen and oxygen atoms in total. The highest BCUT2D eigenvalue weighted by molar-refractivity contribution is 5.24. The van der Waals surface area contributed by atoms with Crippen LogP contribution < -0.4 is 5.32 Å². The van der Waals surface area contributed by atoms with Crippen LogP contribution in [-0.2, 0) is 5.54 Å². The molecular formula is C18H30N2. The molecule has 0 aliphatic carbocycles. The van der Waals surface area contributed by atoms with Crippen LogP contribution in [0.3, 0.4) is 0 Å². The van der Waals surface area contributed by atoms with Gasteiger partial charge < -0.3 is 10.2 Å². The maximum atomic E-state index is 3.76. The lowest BCUT2D eigenvalue weighted by Gasteiger charge is -2.35. The van der Waals surface area contributed by atoms with Gasteiger partial charge in [-0.05, 0) is 50.4 Å². The van der Waals surface area contributed by atoms with Gasteiger partial charge in [-0.2, -0.15) is 0 Å². The van der Waals surface area contributed by atoms with E-state index >= 15 is 0 Å². The van der Waals surface area contributed by atoms with Crippen LogP contribution in [0.15, 0.2) is 30.3 Å². The summed E-state index contributed by atoms with van der Waals surface area (Å²) < 4.78 is 0. The molecule has 1 aromatic rings. The fourth-order valence-corrected chi connectivity index (χ4v) is 2.93. The second kappa shape index (κ2) is 6.28. The molecule has 0 bridgehead atoms. The molecule has 1 N–H and O–H groups in total. The Kier molecular flexibility index (Phi) is 4.87. The molecule has 1 saturated heterocycles. The van der Waals surface area contributed by atoms with Gasteiger partial charge >= 0.3 is 0 Å². The van der Waals surface area contributed by atoms with Crippen molar-refractivity contribution in [2.75, 3.05) is 26.2 Å². The van der Waals surface area contributed by atoms with Crippen molar-refractivity contribution in [1.29, 1.82) is 0 Å². The van der Waals surface area contributed by atoms with Crippen molar-refractivity contribution < 1.29 is 0 Å². The van der Waals surface area contributed by atoms with E-state index in [-0.39, 0.29) is 5.54 Å². The first-order chi connectivity index (χ1) is 9.39. The van der Waals surface area contributed by atoms with E-state index in [1.807, 2.05) is 0 Å². The molecule has 1 fully saturated rings. The molecule has 112 valence electrons. The third-order valence-corrected chi connectivity index (χ3v) is 4.30. The van der Waals surface area contributed by atoms with Gasteiger partial charge in [0.1, 0.15) is 0 Å².